The average Bonchev–Trinajstić information content (AvgIpc) is 2.72. The fraction of sp³-hybridized carbons (Fsp3) is 0.391. The molecule has 0 aliphatic carbocycles. The summed E-state index contributed by atoms with van der Waals surface area (Å²) in [7, 11) is -2.57. The van der Waals surface area contributed by atoms with Crippen molar-refractivity contribution >= 4 is 21.8 Å². The number of likely N-dealkylation sites (N-methyl/N-ethyl adjacent to an activating group) is 1. The highest BCUT2D eigenvalue weighted by Crippen LogP contribution is 2.17. The maximum Gasteiger partial charge on any atom is 0.243 e. The van der Waals surface area contributed by atoms with E-state index in [2.05, 4.69) is 5.32 Å². The molecule has 2 amide bonds. The molecule has 2 rings (SSSR count). The predicted molar refractivity (Wildman–Crippen MR) is 121 cm³/mol. The number of hydrogen-bond acceptors (Lipinski definition) is 4. The van der Waals surface area contributed by atoms with Crippen LogP contribution < -0.4 is 5.32 Å². The lowest BCUT2D eigenvalue weighted by atomic mass is 10.1. The van der Waals surface area contributed by atoms with E-state index in [1.807, 2.05) is 6.92 Å². The monoisotopic (exact) mass is 463 g/mol. The Balaban J connectivity index is 2.26. The molecule has 0 saturated carbocycles. The van der Waals surface area contributed by atoms with Gasteiger partial charge in [-0.25, -0.2) is 12.8 Å². The fourth-order valence-corrected chi connectivity index (χ4v) is 4.15. The minimum absolute atomic E-state index is 0.0320. The van der Waals surface area contributed by atoms with Gasteiger partial charge in [0.2, 0.25) is 21.8 Å². The summed E-state index contributed by atoms with van der Waals surface area (Å²) < 4.78 is 40.0. The van der Waals surface area contributed by atoms with E-state index in [0.29, 0.717) is 5.56 Å². The highest BCUT2D eigenvalue weighted by Gasteiger charge is 2.30. The standard InChI is InChI=1S/C23H30FN3O4S/c1-16(2)25-23(29)18(4)27(14-19-8-10-20(24)11-9-19)22(28)15-26(5)32(30,31)21-12-6-17(3)7-13-21/h6-13,16,18H,14-15H2,1-5H3,(H,25,29)/t18-/m1/s1. The molecule has 0 unspecified atom stereocenters. The summed E-state index contributed by atoms with van der Waals surface area (Å²) >= 11 is 0. The lowest BCUT2D eigenvalue weighted by molar-refractivity contribution is -0.140. The van der Waals surface area contributed by atoms with Gasteiger partial charge in [0, 0.05) is 19.6 Å². The molecule has 7 nitrogen and oxygen atoms in total. The number of halogens is 1. The molecule has 0 saturated heterocycles. The third-order valence-electron chi connectivity index (χ3n) is 4.95. The van der Waals surface area contributed by atoms with Gasteiger partial charge in [0.25, 0.3) is 0 Å². The zero-order valence-electron chi connectivity index (χ0n) is 19.0. The van der Waals surface area contributed by atoms with Crippen LogP contribution >= 0.6 is 0 Å². The largest absolute Gasteiger partial charge is 0.352 e. The molecule has 0 radical (unpaired) electrons. The number of aryl methyl sites for hydroxylation is 1. The SMILES string of the molecule is Cc1ccc(S(=O)(=O)N(C)CC(=O)N(Cc2ccc(F)cc2)[C@H](C)C(=O)NC(C)C)cc1. The molecule has 0 heterocycles. The lowest BCUT2D eigenvalue weighted by Crippen LogP contribution is -2.51. The Hall–Kier alpha value is -2.78. The summed E-state index contributed by atoms with van der Waals surface area (Å²) in [5.41, 5.74) is 1.53. The van der Waals surface area contributed by atoms with Gasteiger partial charge in [0.1, 0.15) is 11.9 Å². The Morgan fingerprint density at radius 3 is 2.09 bits per heavy atom. The van der Waals surface area contributed by atoms with E-state index in [-0.39, 0.29) is 23.4 Å². The third kappa shape index (κ3) is 6.61. The van der Waals surface area contributed by atoms with Crippen molar-refractivity contribution in [3.63, 3.8) is 0 Å². The summed E-state index contributed by atoms with van der Waals surface area (Å²) in [5, 5.41) is 2.76. The molecular formula is C23H30FN3O4S. The van der Waals surface area contributed by atoms with E-state index in [1.54, 1.807) is 32.9 Å². The first-order valence-electron chi connectivity index (χ1n) is 10.3. The molecule has 2 aromatic rings. The first-order valence-corrected chi connectivity index (χ1v) is 11.7. The van der Waals surface area contributed by atoms with Crippen molar-refractivity contribution < 1.29 is 22.4 Å². The van der Waals surface area contributed by atoms with Crippen molar-refractivity contribution in [1.82, 2.24) is 14.5 Å². The molecule has 1 atom stereocenters. The number of benzene rings is 2. The van der Waals surface area contributed by atoms with E-state index >= 15 is 0 Å². The molecule has 32 heavy (non-hydrogen) atoms. The van der Waals surface area contributed by atoms with Crippen molar-refractivity contribution in [1.29, 1.82) is 0 Å². The Morgan fingerprint density at radius 1 is 1.00 bits per heavy atom. The maximum atomic E-state index is 13.3. The number of hydrogen-bond donors (Lipinski definition) is 1. The van der Waals surface area contributed by atoms with Crippen molar-refractivity contribution in [3.8, 4) is 0 Å². The van der Waals surface area contributed by atoms with Crippen molar-refractivity contribution in [2.75, 3.05) is 13.6 Å². The molecular weight excluding hydrogens is 433 g/mol. The molecule has 174 valence electrons. The number of nitrogens with zero attached hydrogens (tertiary/aromatic N) is 2. The molecule has 0 aromatic heterocycles. The summed E-state index contributed by atoms with van der Waals surface area (Å²) in [6.07, 6.45) is 0. The lowest BCUT2D eigenvalue weighted by Gasteiger charge is -2.30. The Labute approximate surface area is 189 Å². The fourth-order valence-electron chi connectivity index (χ4n) is 3.03. The highest BCUT2D eigenvalue weighted by molar-refractivity contribution is 7.89. The number of sulfonamides is 1. The Morgan fingerprint density at radius 2 is 1.56 bits per heavy atom. The van der Waals surface area contributed by atoms with E-state index in [9.17, 15) is 22.4 Å². The van der Waals surface area contributed by atoms with Crippen LogP contribution in [0.25, 0.3) is 0 Å². The second-order valence-electron chi connectivity index (χ2n) is 8.06. The predicted octanol–water partition coefficient (Wildman–Crippen LogP) is 2.70. The zero-order chi connectivity index (χ0) is 24.1. The van der Waals surface area contributed by atoms with E-state index < -0.39 is 34.3 Å². The van der Waals surface area contributed by atoms with Crippen LogP contribution in [0.2, 0.25) is 0 Å². The second-order valence-corrected chi connectivity index (χ2v) is 10.1. The first-order chi connectivity index (χ1) is 14.9. The summed E-state index contributed by atoms with van der Waals surface area (Å²) in [5.74, 6) is -1.32. The second kappa shape index (κ2) is 10.7. The summed E-state index contributed by atoms with van der Waals surface area (Å²) in [6.45, 7) is 6.62. The van der Waals surface area contributed by atoms with Gasteiger partial charge in [-0.05, 0) is 57.5 Å². The molecule has 9 heteroatoms. The molecule has 0 bridgehead atoms. The summed E-state index contributed by atoms with van der Waals surface area (Å²) in [4.78, 5) is 27.1. The van der Waals surface area contributed by atoms with Crippen LogP contribution in [0.3, 0.4) is 0 Å². The molecule has 0 aliphatic heterocycles. The van der Waals surface area contributed by atoms with Crippen LogP contribution in [0.4, 0.5) is 4.39 Å². The number of rotatable bonds is 9. The normalized spacial score (nSPS) is 12.6. The third-order valence-corrected chi connectivity index (χ3v) is 6.77. The Kier molecular flexibility index (Phi) is 8.51. The van der Waals surface area contributed by atoms with Gasteiger partial charge in [-0.3, -0.25) is 9.59 Å². The molecule has 0 spiro atoms. The topological polar surface area (TPSA) is 86.8 Å². The Bertz CT molecular complexity index is 1040. The van der Waals surface area contributed by atoms with E-state index in [0.717, 1.165) is 9.87 Å². The van der Waals surface area contributed by atoms with Gasteiger partial charge in [-0.1, -0.05) is 29.8 Å². The van der Waals surface area contributed by atoms with Crippen LogP contribution in [-0.4, -0.2) is 55.1 Å². The van der Waals surface area contributed by atoms with E-state index in [1.165, 1.54) is 48.3 Å². The van der Waals surface area contributed by atoms with Crippen LogP contribution in [-0.2, 0) is 26.2 Å². The number of carbonyl (C=O) groups excluding carboxylic acids is 2. The van der Waals surface area contributed by atoms with Gasteiger partial charge in [0.15, 0.2) is 0 Å². The number of carbonyl (C=O) groups is 2. The number of nitrogens with one attached hydrogen (secondary N) is 1. The molecule has 0 fully saturated rings. The quantitative estimate of drug-likeness (QED) is 0.620. The minimum Gasteiger partial charge on any atom is -0.352 e. The van der Waals surface area contributed by atoms with Gasteiger partial charge in [0.05, 0.1) is 11.4 Å². The van der Waals surface area contributed by atoms with Crippen LogP contribution in [0.15, 0.2) is 53.4 Å². The summed E-state index contributed by atoms with van der Waals surface area (Å²) in [6, 6.07) is 10.9. The first kappa shape index (κ1) is 25.5. The minimum atomic E-state index is -3.89. The van der Waals surface area contributed by atoms with Crippen molar-refractivity contribution in [2.45, 2.75) is 51.2 Å². The maximum absolute atomic E-state index is 13.3. The number of amides is 2. The van der Waals surface area contributed by atoms with Crippen LogP contribution in [0, 0.1) is 12.7 Å². The smallest absolute Gasteiger partial charge is 0.243 e. The van der Waals surface area contributed by atoms with Gasteiger partial charge in [-0.2, -0.15) is 4.31 Å². The van der Waals surface area contributed by atoms with Crippen LogP contribution in [0.5, 0.6) is 0 Å². The van der Waals surface area contributed by atoms with Crippen molar-refractivity contribution in [3.05, 3.63) is 65.5 Å². The van der Waals surface area contributed by atoms with Crippen molar-refractivity contribution in [2.24, 2.45) is 0 Å². The average molecular weight is 464 g/mol. The van der Waals surface area contributed by atoms with Crippen LogP contribution in [0.1, 0.15) is 31.9 Å². The van der Waals surface area contributed by atoms with Gasteiger partial charge in [-0.15, -0.1) is 0 Å². The van der Waals surface area contributed by atoms with Gasteiger partial charge >= 0.3 is 0 Å². The molecule has 2 aromatic carbocycles. The highest BCUT2D eigenvalue weighted by atomic mass is 32.2. The zero-order valence-corrected chi connectivity index (χ0v) is 19.8. The van der Waals surface area contributed by atoms with E-state index in [4.69, 9.17) is 0 Å². The molecule has 1 N–H and O–H groups in total. The molecule has 0 aliphatic rings. The van der Waals surface area contributed by atoms with Gasteiger partial charge < -0.3 is 10.2 Å².